The van der Waals surface area contributed by atoms with E-state index in [-0.39, 0.29) is 5.91 Å². The zero-order valence-corrected chi connectivity index (χ0v) is 14.7. The number of rotatable bonds is 4. The molecule has 17 heavy (non-hydrogen) atoms. The number of nitrogens with zero attached hydrogens (tertiary/aromatic N) is 1. The molecule has 0 atom stereocenters. The fourth-order valence-corrected chi connectivity index (χ4v) is 4.21. The Morgan fingerprint density at radius 3 is 2.59 bits per heavy atom. The SMILES string of the molecule is O=C(c1cc(Br)c(Br)s1)N(CCBr)C1CCC1. The van der Waals surface area contributed by atoms with Crippen LogP contribution in [-0.2, 0) is 0 Å². The summed E-state index contributed by atoms with van der Waals surface area (Å²) in [5.41, 5.74) is 0. The van der Waals surface area contributed by atoms with Crippen LogP contribution < -0.4 is 0 Å². The Hall–Kier alpha value is 0.610. The molecule has 1 aromatic heterocycles. The molecule has 0 saturated heterocycles. The molecular formula is C11H12Br3NOS. The van der Waals surface area contributed by atoms with Crippen molar-refractivity contribution in [3.8, 4) is 0 Å². The molecule has 0 spiro atoms. The maximum atomic E-state index is 12.4. The van der Waals surface area contributed by atoms with E-state index >= 15 is 0 Å². The predicted molar refractivity (Wildman–Crippen MR) is 82.2 cm³/mol. The molecule has 1 saturated carbocycles. The van der Waals surface area contributed by atoms with E-state index < -0.39 is 0 Å². The van der Waals surface area contributed by atoms with Crippen molar-refractivity contribution < 1.29 is 4.79 Å². The number of carbonyl (C=O) groups is 1. The number of hydrogen-bond acceptors (Lipinski definition) is 2. The van der Waals surface area contributed by atoms with Crippen LogP contribution in [0.15, 0.2) is 14.3 Å². The first-order valence-corrected chi connectivity index (χ1v) is 8.97. The summed E-state index contributed by atoms with van der Waals surface area (Å²) >= 11 is 11.8. The van der Waals surface area contributed by atoms with Gasteiger partial charge in [-0.2, -0.15) is 0 Å². The Bertz CT molecular complexity index is 397. The molecule has 0 aliphatic heterocycles. The summed E-state index contributed by atoms with van der Waals surface area (Å²) in [4.78, 5) is 15.2. The van der Waals surface area contributed by atoms with Gasteiger partial charge >= 0.3 is 0 Å². The third-order valence-corrected chi connectivity index (χ3v) is 6.56. The van der Waals surface area contributed by atoms with E-state index in [4.69, 9.17) is 0 Å². The standard InChI is InChI=1S/C11H12Br3NOS/c12-4-5-15(7-2-1-3-7)11(16)9-6-8(13)10(14)17-9/h6-7H,1-5H2. The number of alkyl halides is 1. The predicted octanol–water partition coefficient (Wildman–Crippen LogP) is 4.66. The third kappa shape index (κ3) is 3.14. The normalized spacial score (nSPS) is 15.7. The minimum atomic E-state index is 0.158. The van der Waals surface area contributed by atoms with Crippen LogP contribution in [0.4, 0.5) is 0 Å². The van der Waals surface area contributed by atoms with Crippen molar-refractivity contribution in [3.05, 3.63) is 19.2 Å². The fourth-order valence-electron chi connectivity index (χ4n) is 1.83. The summed E-state index contributed by atoms with van der Waals surface area (Å²) < 4.78 is 1.94. The van der Waals surface area contributed by atoms with Crippen molar-refractivity contribution in [2.75, 3.05) is 11.9 Å². The van der Waals surface area contributed by atoms with E-state index in [1.54, 1.807) is 0 Å². The Kier molecular flexibility index (Phi) is 5.09. The highest BCUT2D eigenvalue weighted by Crippen LogP contribution is 2.34. The molecule has 94 valence electrons. The molecule has 0 bridgehead atoms. The molecule has 1 aromatic rings. The number of amides is 1. The number of halogens is 3. The summed E-state index contributed by atoms with van der Waals surface area (Å²) in [6.45, 7) is 0.788. The second-order valence-corrected chi connectivity index (χ2v) is 8.02. The minimum Gasteiger partial charge on any atom is -0.334 e. The first-order chi connectivity index (χ1) is 8.13. The summed E-state index contributed by atoms with van der Waals surface area (Å²) in [5, 5.41) is 0.836. The lowest BCUT2D eigenvalue weighted by molar-refractivity contribution is 0.0604. The monoisotopic (exact) mass is 443 g/mol. The van der Waals surface area contributed by atoms with Crippen LogP contribution in [0.1, 0.15) is 28.9 Å². The van der Waals surface area contributed by atoms with Gasteiger partial charge in [-0.1, -0.05) is 15.9 Å². The second kappa shape index (κ2) is 6.17. The van der Waals surface area contributed by atoms with Crippen LogP contribution in [0.5, 0.6) is 0 Å². The van der Waals surface area contributed by atoms with Gasteiger partial charge in [0.25, 0.3) is 5.91 Å². The molecular weight excluding hydrogens is 434 g/mol. The van der Waals surface area contributed by atoms with Crippen molar-refractivity contribution in [1.29, 1.82) is 0 Å². The lowest BCUT2D eigenvalue weighted by atomic mass is 9.91. The molecule has 6 heteroatoms. The molecule has 0 aromatic carbocycles. The third-order valence-electron chi connectivity index (χ3n) is 2.96. The van der Waals surface area contributed by atoms with Crippen LogP contribution in [0.3, 0.4) is 0 Å². The Labute approximate surface area is 130 Å². The molecule has 0 radical (unpaired) electrons. The highest BCUT2D eigenvalue weighted by Gasteiger charge is 2.29. The van der Waals surface area contributed by atoms with Crippen molar-refractivity contribution in [1.82, 2.24) is 4.90 Å². The van der Waals surface area contributed by atoms with Gasteiger partial charge in [-0.25, -0.2) is 0 Å². The molecule has 0 unspecified atom stereocenters. The zero-order valence-electron chi connectivity index (χ0n) is 9.09. The molecule has 1 amide bonds. The van der Waals surface area contributed by atoms with E-state index in [0.717, 1.165) is 37.9 Å². The van der Waals surface area contributed by atoms with Crippen molar-refractivity contribution >= 4 is 65.0 Å². The maximum absolute atomic E-state index is 12.4. The minimum absolute atomic E-state index is 0.158. The van der Waals surface area contributed by atoms with E-state index in [1.165, 1.54) is 17.8 Å². The van der Waals surface area contributed by atoms with E-state index in [2.05, 4.69) is 47.8 Å². The molecule has 1 fully saturated rings. The van der Waals surface area contributed by atoms with Gasteiger partial charge in [0.05, 0.1) is 8.66 Å². The maximum Gasteiger partial charge on any atom is 0.264 e. The first-order valence-electron chi connectivity index (χ1n) is 5.45. The first kappa shape index (κ1) is 14.0. The Balaban J connectivity index is 2.14. The fraction of sp³-hybridized carbons (Fsp3) is 0.545. The lowest BCUT2D eigenvalue weighted by Crippen LogP contribution is -2.44. The molecule has 1 aliphatic rings. The summed E-state index contributed by atoms with van der Waals surface area (Å²) in [5.74, 6) is 0.158. The summed E-state index contributed by atoms with van der Waals surface area (Å²) in [7, 11) is 0. The van der Waals surface area contributed by atoms with Crippen LogP contribution in [0.25, 0.3) is 0 Å². The molecule has 1 aliphatic carbocycles. The van der Waals surface area contributed by atoms with Gasteiger partial charge in [0.15, 0.2) is 0 Å². The number of thiophene rings is 1. The summed E-state index contributed by atoms with van der Waals surface area (Å²) in [6.07, 6.45) is 3.54. The van der Waals surface area contributed by atoms with Crippen molar-refractivity contribution in [3.63, 3.8) is 0 Å². The lowest BCUT2D eigenvalue weighted by Gasteiger charge is -2.37. The van der Waals surface area contributed by atoms with Crippen LogP contribution in [-0.4, -0.2) is 28.7 Å². The Morgan fingerprint density at radius 1 is 1.47 bits per heavy atom. The van der Waals surface area contributed by atoms with Gasteiger partial charge in [-0.3, -0.25) is 4.79 Å². The van der Waals surface area contributed by atoms with Gasteiger partial charge in [-0.05, 0) is 57.2 Å². The molecule has 1 heterocycles. The van der Waals surface area contributed by atoms with Gasteiger partial charge in [0.2, 0.25) is 0 Å². The molecule has 2 nitrogen and oxygen atoms in total. The van der Waals surface area contributed by atoms with Gasteiger partial charge in [-0.15, -0.1) is 11.3 Å². The quantitative estimate of drug-likeness (QED) is 0.617. The van der Waals surface area contributed by atoms with Gasteiger partial charge < -0.3 is 4.90 Å². The Morgan fingerprint density at radius 2 is 2.18 bits per heavy atom. The van der Waals surface area contributed by atoms with Gasteiger partial charge in [0.1, 0.15) is 0 Å². The van der Waals surface area contributed by atoms with E-state index in [1.807, 2.05) is 11.0 Å². The largest absolute Gasteiger partial charge is 0.334 e. The summed E-state index contributed by atoms with van der Waals surface area (Å²) in [6, 6.07) is 2.34. The topological polar surface area (TPSA) is 20.3 Å². The van der Waals surface area contributed by atoms with Crippen molar-refractivity contribution in [2.24, 2.45) is 0 Å². The number of hydrogen-bond donors (Lipinski definition) is 0. The number of carbonyl (C=O) groups excluding carboxylic acids is 1. The van der Waals surface area contributed by atoms with Crippen molar-refractivity contribution in [2.45, 2.75) is 25.3 Å². The molecule has 0 N–H and O–H groups in total. The molecule has 2 rings (SSSR count). The average Bonchev–Trinajstić information content (AvgIpc) is 2.55. The van der Waals surface area contributed by atoms with Crippen LogP contribution >= 0.6 is 59.1 Å². The second-order valence-electron chi connectivity index (χ2n) is 4.00. The zero-order chi connectivity index (χ0) is 12.4. The van der Waals surface area contributed by atoms with Crippen LogP contribution in [0, 0.1) is 0 Å². The average molecular weight is 446 g/mol. The van der Waals surface area contributed by atoms with E-state index in [9.17, 15) is 4.79 Å². The highest BCUT2D eigenvalue weighted by atomic mass is 79.9. The highest BCUT2D eigenvalue weighted by molar-refractivity contribution is 9.13. The van der Waals surface area contributed by atoms with Crippen LogP contribution in [0.2, 0.25) is 0 Å². The van der Waals surface area contributed by atoms with Gasteiger partial charge in [0, 0.05) is 22.4 Å². The smallest absolute Gasteiger partial charge is 0.264 e. The van der Waals surface area contributed by atoms with E-state index in [0.29, 0.717) is 6.04 Å².